The number of terminal acetylenes is 1. The Hall–Kier alpha value is -3.43. The van der Waals surface area contributed by atoms with Crippen LogP contribution in [0.15, 0.2) is 54.6 Å². The summed E-state index contributed by atoms with van der Waals surface area (Å²) >= 11 is 0. The van der Waals surface area contributed by atoms with E-state index in [1.54, 1.807) is 19.9 Å². The number of halogens is 1. The van der Waals surface area contributed by atoms with Crippen LogP contribution in [0.2, 0.25) is 0 Å². The number of benzene rings is 2. The van der Waals surface area contributed by atoms with E-state index in [9.17, 15) is 28.9 Å². The maximum absolute atomic E-state index is 13.8. The monoisotopic (exact) mass is 494 g/mol. The van der Waals surface area contributed by atoms with Gasteiger partial charge in [-0.25, -0.2) is 9.18 Å². The van der Waals surface area contributed by atoms with Gasteiger partial charge in [0.25, 0.3) is 0 Å². The number of hydrogen-bond donors (Lipinski definition) is 3. The van der Waals surface area contributed by atoms with Crippen molar-refractivity contribution in [3.63, 3.8) is 0 Å². The summed E-state index contributed by atoms with van der Waals surface area (Å²) < 4.78 is 26.2. The van der Waals surface area contributed by atoms with Gasteiger partial charge in [0, 0.05) is 11.1 Å². The summed E-state index contributed by atoms with van der Waals surface area (Å²) in [4.78, 5) is 27.2. The molecule has 3 atom stereocenters. The Kier molecular flexibility index (Phi) is 7.23. The van der Waals surface area contributed by atoms with E-state index in [2.05, 4.69) is 0 Å². The first kappa shape index (κ1) is 26.2. The summed E-state index contributed by atoms with van der Waals surface area (Å²) in [5, 5.41) is 18.9. The van der Waals surface area contributed by atoms with Crippen LogP contribution in [-0.2, 0) is 15.0 Å². The van der Waals surface area contributed by atoms with Gasteiger partial charge in [0.1, 0.15) is 5.82 Å². The van der Waals surface area contributed by atoms with E-state index in [-0.39, 0.29) is 11.5 Å². The molecule has 0 aliphatic heterocycles. The molecule has 0 bridgehead atoms. The third-order valence-corrected chi connectivity index (χ3v) is 7.50. The Morgan fingerprint density at radius 2 is 1.74 bits per heavy atom. The standard InChI is InChI=1S/C27H25FNO5P/c1-6-27(25(30)31,35(33)34)26(5,32)23-21(18-11-13-19(28)14-12-18)15-22(29-24(23)16(2)3)20-10-8-7-9-17(20)4/h1,7-16,32H,2-5H3,(H-,30,31,33,34)/p+1. The molecule has 3 rings (SSSR count). The topological polar surface area (TPSA) is 108 Å². The fourth-order valence-electron chi connectivity index (χ4n) is 4.26. The van der Waals surface area contributed by atoms with Crippen molar-refractivity contribution in [2.24, 2.45) is 0 Å². The number of pyridine rings is 1. The summed E-state index contributed by atoms with van der Waals surface area (Å²) in [6.07, 6.45) is 5.50. The third kappa shape index (κ3) is 4.37. The zero-order chi connectivity index (χ0) is 26.1. The van der Waals surface area contributed by atoms with Gasteiger partial charge in [-0.2, -0.15) is 4.89 Å². The van der Waals surface area contributed by atoms with E-state index < -0.39 is 30.6 Å². The number of aryl methyl sites for hydroxylation is 1. The van der Waals surface area contributed by atoms with Gasteiger partial charge in [-0.15, -0.1) is 6.42 Å². The number of carboxylic acid groups (broad SMARTS) is 1. The molecule has 3 N–H and O–H groups in total. The molecule has 180 valence electrons. The highest BCUT2D eigenvalue weighted by Gasteiger charge is 2.70. The number of hydrogen-bond acceptors (Lipinski definition) is 4. The zero-order valence-corrected chi connectivity index (χ0v) is 20.7. The summed E-state index contributed by atoms with van der Waals surface area (Å²) in [5.74, 6) is -0.763. The molecule has 3 aromatic rings. The lowest BCUT2D eigenvalue weighted by Gasteiger charge is -2.34. The average molecular weight is 494 g/mol. The molecule has 2 aromatic carbocycles. The predicted molar refractivity (Wildman–Crippen MR) is 132 cm³/mol. The number of nitrogens with zero attached hydrogens (tertiary/aromatic N) is 1. The van der Waals surface area contributed by atoms with Crippen molar-refractivity contribution >= 4 is 14.0 Å². The lowest BCUT2D eigenvalue weighted by atomic mass is 9.76. The zero-order valence-electron chi connectivity index (χ0n) is 19.8. The molecule has 1 aromatic heterocycles. The molecule has 3 unspecified atom stereocenters. The van der Waals surface area contributed by atoms with Crippen molar-refractivity contribution in [3.8, 4) is 34.7 Å². The summed E-state index contributed by atoms with van der Waals surface area (Å²) in [7, 11) is -3.60. The predicted octanol–water partition coefficient (Wildman–Crippen LogP) is 5.39. The van der Waals surface area contributed by atoms with E-state index in [1.807, 2.05) is 37.1 Å². The molecule has 0 amide bonds. The normalized spacial score (nSPS) is 15.1. The number of aliphatic hydroxyl groups is 1. The van der Waals surface area contributed by atoms with Crippen LogP contribution >= 0.6 is 8.03 Å². The minimum atomic E-state index is -3.60. The Bertz CT molecular complexity index is 1330. The summed E-state index contributed by atoms with van der Waals surface area (Å²) in [6, 6.07) is 14.6. The first-order valence-electron chi connectivity index (χ1n) is 10.9. The molecule has 35 heavy (non-hydrogen) atoms. The molecule has 0 fully saturated rings. The molecule has 0 saturated carbocycles. The Morgan fingerprint density at radius 1 is 1.14 bits per heavy atom. The van der Waals surface area contributed by atoms with E-state index in [0.29, 0.717) is 22.5 Å². The highest BCUT2D eigenvalue weighted by atomic mass is 31.1. The van der Waals surface area contributed by atoms with Crippen LogP contribution in [0.3, 0.4) is 0 Å². The molecular formula is C27H26FNO5P+. The number of rotatable bonds is 7. The van der Waals surface area contributed by atoms with Gasteiger partial charge in [-0.1, -0.05) is 50.2 Å². The molecule has 0 spiro atoms. The van der Waals surface area contributed by atoms with Gasteiger partial charge in [0.2, 0.25) is 0 Å². The maximum Gasteiger partial charge on any atom is 0.541 e. The third-order valence-electron chi connectivity index (χ3n) is 6.17. The van der Waals surface area contributed by atoms with Crippen LogP contribution < -0.4 is 0 Å². The minimum Gasteiger partial charge on any atom is -0.477 e. The molecular weight excluding hydrogens is 468 g/mol. The average Bonchev–Trinajstić information content (AvgIpc) is 2.79. The van der Waals surface area contributed by atoms with Gasteiger partial charge >= 0.3 is 19.2 Å². The van der Waals surface area contributed by atoms with Crippen LogP contribution in [0, 0.1) is 25.1 Å². The molecule has 6 nitrogen and oxygen atoms in total. The molecule has 1 heterocycles. The van der Waals surface area contributed by atoms with E-state index in [1.165, 1.54) is 24.3 Å². The van der Waals surface area contributed by atoms with Crippen molar-refractivity contribution in [2.75, 3.05) is 0 Å². The minimum absolute atomic E-state index is 0.00538. The number of aromatic nitrogens is 1. The summed E-state index contributed by atoms with van der Waals surface area (Å²) in [5.41, 5.74) is 0.814. The lowest BCUT2D eigenvalue weighted by Crippen LogP contribution is -2.53. The van der Waals surface area contributed by atoms with Crippen LogP contribution in [0.5, 0.6) is 0 Å². The van der Waals surface area contributed by atoms with Crippen molar-refractivity contribution in [3.05, 3.63) is 77.2 Å². The van der Waals surface area contributed by atoms with E-state index >= 15 is 0 Å². The Balaban J connectivity index is 2.53. The van der Waals surface area contributed by atoms with Crippen LogP contribution in [-0.4, -0.2) is 31.2 Å². The smallest absolute Gasteiger partial charge is 0.477 e. The van der Waals surface area contributed by atoms with Crippen molar-refractivity contribution in [1.82, 2.24) is 4.98 Å². The highest BCUT2D eigenvalue weighted by Crippen LogP contribution is 2.52. The van der Waals surface area contributed by atoms with Gasteiger partial charge in [0.15, 0.2) is 5.60 Å². The quantitative estimate of drug-likeness (QED) is 0.301. The number of carbonyl (C=O) groups is 1. The largest absolute Gasteiger partial charge is 0.541 e. The summed E-state index contributed by atoms with van der Waals surface area (Å²) in [6.45, 7) is 6.62. The van der Waals surface area contributed by atoms with Gasteiger partial charge in [-0.05, 0) is 65.1 Å². The second-order valence-corrected chi connectivity index (χ2v) is 10.0. The molecule has 0 aliphatic carbocycles. The van der Waals surface area contributed by atoms with Crippen LogP contribution in [0.1, 0.15) is 43.5 Å². The Morgan fingerprint density at radius 3 is 2.23 bits per heavy atom. The van der Waals surface area contributed by atoms with E-state index in [0.717, 1.165) is 18.1 Å². The van der Waals surface area contributed by atoms with E-state index in [4.69, 9.17) is 11.4 Å². The van der Waals surface area contributed by atoms with Crippen molar-refractivity contribution < 1.29 is 28.9 Å². The maximum atomic E-state index is 13.8. The van der Waals surface area contributed by atoms with Crippen LogP contribution in [0.25, 0.3) is 22.4 Å². The second-order valence-electron chi connectivity index (χ2n) is 8.80. The lowest BCUT2D eigenvalue weighted by molar-refractivity contribution is -0.145. The fraction of sp³-hybridized carbons (Fsp3) is 0.259. The number of aliphatic carboxylic acids is 1. The highest BCUT2D eigenvalue weighted by molar-refractivity contribution is 7.42. The van der Waals surface area contributed by atoms with Gasteiger partial charge in [0.05, 0.1) is 11.4 Å². The van der Waals surface area contributed by atoms with Crippen molar-refractivity contribution in [1.29, 1.82) is 0 Å². The molecule has 0 radical (unpaired) electrons. The molecule has 8 heteroatoms. The molecule has 0 saturated heterocycles. The van der Waals surface area contributed by atoms with Gasteiger partial charge < -0.3 is 10.2 Å². The SMILES string of the molecule is C#CC(C(=O)O)([P+](=O)O)C(C)(O)c1c(-c2ccc(F)cc2)cc(-c2ccccc2C)nc1C(C)C. The van der Waals surface area contributed by atoms with Crippen LogP contribution in [0.4, 0.5) is 4.39 Å². The Labute approximate surface area is 204 Å². The number of carboxylic acids is 1. The first-order chi connectivity index (χ1) is 16.4. The second kappa shape index (κ2) is 9.67. The van der Waals surface area contributed by atoms with Gasteiger partial charge in [-0.3, -0.25) is 4.98 Å². The molecule has 0 aliphatic rings. The fourth-order valence-corrected chi connectivity index (χ4v) is 5.02. The van der Waals surface area contributed by atoms with Crippen molar-refractivity contribution in [2.45, 2.75) is 44.4 Å². The first-order valence-corrected chi connectivity index (χ1v) is 12.1.